The van der Waals surface area contributed by atoms with E-state index in [0.717, 1.165) is 37.3 Å². The molecule has 106 valence electrons. The number of anilines is 1. The number of fused-ring (bicyclic) bond motifs is 1. The van der Waals surface area contributed by atoms with Crippen LogP contribution in [-0.2, 0) is 4.79 Å². The van der Waals surface area contributed by atoms with Crippen LogP contribution in [0.1, 0.15) is 0 Å². The van der Waals surface area contributed by atoms with Gasteiger partial charge in [0.25, 0.3) is 6.01 Å². The van der Waals surface area contributed by atoms with E-state index in [9.17, 15) is 4.79 Å². The Morgan fingerprint density at radius 3 is 2.75 bits per heavy atom. The third-order valence-electron chi connectivity index (χ3n) is 3.57. The topological polar surface area (TPSA) is 61.6 Å². The molecule has 0 radical (unpaired) electrons. The van der Waals surface area contributed by atoms with E-state index in [1.807, 2.05) is 24.3 Å². The van der Waals surface area contributed by atoms with Crippen LogP contribution in [0.5, 0.6) is 0 Å². The van der Waals surface area contributed by atoms with Gasteiger partial charge in [0, 0.05) is 33.2 Å². The molecule has 1 saturated heterocycles. The first-order chi connectivity index (χ1) is 9.76. The van der Waals surface area contributed by atoms with Crippen molar-refractivity contribution in [2.45, 2.75) is 0 Å². The van der Waals surface area contributed by atoms with Crippen LogP contribution in [0.15, 0.2) is 28.7 Å². The van der Waals surface area contributed by atoms with E-state index in [4.69, 9.17) is 4.42 Å². The Bertz CT molecular complexity index is 569. The predicted octanol–water partition coefficient (Wildman–Crippen LogP) is 0.696. The molecule has 0 spiro atoms. The molecule has 20 heavy (non-hydrogen) atoms. The SMILES string of the molecule is CNC(=O)CN1CCN(c2nc3ccccc3o2)CC1. The minimum absolute atomic E-state index is 0.0558. The molecular weight excluding hydrogens is 256 g/mol. The maximum absolute atomic E-state index is 11.4. The summed E-state index contributed by atoms with van der Waals surface area (Å²) in [5.74, 6) is 0.0558. The van der Waals surface area contributed by atoms with Crippen molar-refractivity contribution in [3.63, 3.8) is 0 Å². The molecule has 1 aromatic heterocycles. The number of oxazole rings is 1. The van der Waals surface area contributed by atoms with Crippen molar-refractivity contribution in [2.24, 2.45) is 0 Å². The standard InChI is InChI=1S/C14H18N4O2/c1-15-13(19)10-17-6-8-18(9-7-17)14-16-11-4-2-3-5-12(11)20-14/h2-5H,6-10H2,1H3,(H,15,19). The van der Waals surface area contributed by atoms with Crippen LogP contribution in [0.4, 0.5) is 6.01 Å². The maximum atomic E-state index is 11.4. The zero-order valence-electron chi connectivity index (χ0n) is 11.5. The number of benzene rings is 1. The minimum atomic E-state index is 0.0558. The Labute approximate surface area is 117 Å². The largest absolute Gasteiger partial charge is 0.423 e. The predicted molar refractivity (Wildman–Crippen MR) is 76.7 cm³/mol. The van der Waals surface area contributed by atoms with Crippen molar-refractivity contribution in [3.8, 4) is 0 Å². The van der Waals surface area contributed by atoms with Gasteiger partial charge in [0.2, 0.25) is 5.91 Å². The van der Waals surface area contributed by atoms with E-state index in [1.54, 1.807) is 7.05 Å². The van der Waals surface area contributed by atoms with Gasteiger partial charge in [-0.2, -0.15) is 4.98 Å². The van der Waals surface area contributed by atoms with Gasteiger partial charge in [-0.05, 0) is 12.1 Å². The number of hydrogen-bond donors (Lipinski definition) is 1. The van der Waals surface area contributed by atoms with Crippen LogP contribution in [0.3, 0.4) is 0 Å². The number of aromatic nitrogens is 1. The van der Waals surface area contributed by atoms with E-state index >= 15 is 0 Å². The van der Waals surface area contributed by atoms with Gasteiger partial charge in [0.1, 0.15) is 5.52 Å². The first-order valence-electron chi connectivity index (χ1n) is 6.80. The lowest BCUT2D eigenvalue weighted by Crippen LogP contribution is -2.49. The zero-order valence-corrected chi connectivity index (χ0v) is 11.5. The van der Waals surface area contributed by atoms with E-state index < -0.39 is 0 Å². The number of piperazine rings is 1. The highest BCUT2D eigenvalue weighted by Gasteiger charge is 2.21. The van der Waals surface area contributed by atoms with Crippen LogP contribution in [0, 0.1) is 0 Å². The molecule has 1 fully saturated rings. The van der Waals surface area contributed by atoms with Gasteiger partial charge >= 0.3 is 0 Å². The van der Waals surface area contributed by atoms with Crippen molar-refractivity contribution in [1.82, 2.24) is 15.2 Å². The van der Waals surface area contributed by atoms with Gasteiger partial charge in [-0.15, -0.1) is 0 Å². The molecule has 0 aliphatic carbocycles. The Morgan fingerprint density at radius 2 is 2.05 bits per heavy atom. The van der Waals surface area contributed by atoms with E-state index in [-0.39, 0.29) is 5.91 Å². The fraction of sp³-hybridized carbons (Fsp3) is 0.429. The fourth-order valence-electron chi connectivity index (χ4n) is 2.37. The number of amides is 1. The molecule has 1 aromatic carbocycles. The van der Waals surface area contributed by atoms with Crippen molar-refractivity contribution in [1.29, 1.82) is 0 Å². The molecule has 1 N–H and O–H groups in total. The summed E-state index contributed by atoms with van der Waals surface area (Å²) in [5, 5.41) is 2.65. The second-order valence-corrected chi connectivity index (χ2v) is 4.90. The number of para-hydroxylation sites is 2. The molecule has 2 heterocycles. The number of carbonyl (C=O) groups is 1. The molecule has 6 nitrogen and oxygen atoms in total. The average molecular weight is 274 g/mol. The van der Waals surface area contributed by atoms with Crippen molar-refractivity contribution in [3.05, 3.63) is 24.3 Å². The number of nitrogens with zero attached hydrogens (tertiary/aromatic N) is 3. The first-order valence-corrected chi connectivity index (χ1v) is 6.80. The first kappa shape index (κ1) is 12.9. The van der Waals surface area contributed by atoms with Gasteiger partial charge in [-0.1, -0.05) is 12.1 Å². The van der Waals surface area contributed by atoms with Gasteiger partial charge in [-0.25, -0.2) is 0 Å². The second-order valence-electron chi connectivity index (χ2n) is 4.90. The molecule has 2 aromatic rings. The third-order valence-corrected chi connectivity index (χ3v) is 3.57. The lowest BCUT2D eigenvalue weighted by atomic mass is 10.3. The molecule has 0 atom stereocenters. The molecule has 3 rings (SSSR count). The van der Waals surface area contributed by atoms with Crippen molar-refractivity contribution in [2.75, 3.05) is 44.7 Å². The summed E-state index contributed by atoms with van der Waals surface area (Å²) in [7, 11) is 1.66. The molecule has 6 heteroatoms. The Balaban J connectivity index is 1.64. The lowest BCUT2D eigenvalue weighted by Gasteiger charge is -2.33. The molecule has 0 unspecified atom stereocenters. The average Bonchev–Trinajstić information content (AvgIpc) is 2.91. The summed E-state index contributed by atoms with van der Waals surface area (Å²) in [4.78, 5) is 20.1. The van der Waals surface area contributed by atoms with Crippen molar-refractivity contribution < 1.29 is 9.21 Å². The Kier molecular flexibility index (Phi) is 3.56. The van der Waals surface area contributed by atoms with E-state index in [0.29, 0.717) is 12.6 Å². The number of carbonyl (C=O) groups excluding carboxylic acids is 1. The smallest absolute Gasteiger partial charge is 0.298 e. The van der Waals surface area contributed by atoms with Gasteiger partial charge < -0.3 is 14.6 Å². The van der Waals surface area contributed by atoms with Crippen molar-refractivity contribution >= 4 is 23.0 Å². The van der Waals surface area contributed by atoms with Gasteiger partial charge in [-0.3, -0.25) is 9.69 Å². The summed E-state index contributed by atoms with van der Waals surface area (Å²) in [5.41, 5.74) is 1.70. The summed E-state index contributed by atoms with van der Waals surface area (Å²) >= 11 is 0. The summed E-state index contributed by atoms with van der Waals surface area (Å²) in [6.07, 6.45) is 0. The number of hydrogen-bond acceptors (Lipinski definition) is 5. The summed E-state index contributed by atoms with van der Waals surface area (Å²) in [6.45, 7) is 3.78. The molecule has 1 amide bonds. The summed E-state index contributed by atoms with van der Waals surface area (Å²) in [6, 6.07) is 8.44. The highest BCUT2D eigenvalue weighted by atomic mass is 16.4. The third kappa shape index (κ3) is 2.60. The zero-order chi connectivity index (χ0) is 13.9. The summed E-state index contributed by atoms with van der Waals surface area (Å²) < 4.78 is 5.76. The monoisotopic (exact) mass is 274 g/mol. The van der Waals surface area contributed by atoms with Crippen LogP contribution in [0.25, 0.3) is 11.1 Å². The Morgan fingerprint density at radius 1 is 1.30 bits per heavy atom. The second kappa shape index (κ2) is 5.50. The highest BCUT2D eigenvalue weighted by molar-refractivity contribution is 5.77. The molecular formula is C14H18N4O2. The normalized spacial score (nSPS) is 16.6. The van der Waals surface area contributed by atoms with E-state index in [2.05, 4.69) is 20.1 Å². The number of likely N-dealkylation sites (N-methyl/N-ethyl adjacent to an activating group) is 1. The van der Waals surface area contributed by atoms with Crippen LogP contribution < -0.4 is 10.2 Å². The van der Waals surface area contributed by atoms with Gasteiger partial charge in [0.05, 0.1) is 6.54 Å². The molecule has 0 bridgehead atoms. The van der Waals surface area contributed by atoms with Crippen LogP contribution in [0.2, 0.25) is 0 Å². The lowest BCUT2D eigenvalue weighted by molar-refractivity contribution is -0.121. The van der Waals surface area contributed by atoms with Crippen LogP contribution >= 0.6 is 0 Å². The molecule has 0 saturated carbocycles. The number of rotatable bonds is 3. The van der Waals surface area contributed by atoms with Gasteiger partial charge in [0.15, 0.2) is 5.58 Å². The Hall–Kier alpha value is -2.08. The highest BCUT2D eigenvalue weighted by Crippen LogP contribution is 2.22. The number of nitrogens with one attached hydrogen (secondary N) is 1. The quantitative estimate of drug-likeness (QED) is 0.892. The molecule has 1 aliphatic heterocycles. The van der Waals surface area contributed by atoms with E-state index in [1.165, 1.54) is 0 Å². The maximum Gasteiger partial charge on any atom is 0.298 e. The minimum Gasteiger partial charge on any atom is -0.423 e. The van der Waals surface area contributed by atoms with Crippen LogP contribution in [-0.4, -0.2) is 55.6 Å². The molecule has 1 aliphatic rings. The fourth-order valence-corrected chi connectivity index (χ4v) is 2.37.